The predicted octanol–water partition coefficient (Wildman–Crippen LogP) is 0.660. The van der Waals surface area contributed by atoms with Gasteiger partial charge >= 0.3 is 11.9 Å². The number of fused-ring (bicyclic) bond motifs is 5. The highest BCUT2D eigenvalue weighted by Gasteiger charge is 2.75. The van der Waals surface area contributed by atoms with Crippen LogP contribution in [-0.2, 0) is 23.8 Å². The second-order valence-corrected chi connectivity index (χ2v) is 5.41. The van der Waals surface area contributed by atoms with Gasteiger partial charge in [-0.2, -0.15) is 0 Å². The van der Waals surface area contributed by atoms with Gasteiger partial charge in [-0.1, -0.05) is 0 Å². The van der Waals surface area contributed by atoms with Crippen molar-refractivity contribution >= 4 is 11.9 Å². The molecule has 5 nitrogen and oxygen atoms in total. The van der Waals surface area contributed by atoms with E-state index in [1.807, 2.05) is 6.92 Å². The third kappa shape index (κ3) is 1.13. The fourth-order valence-corrected chi connectivity index (χ4v) is 3.56. The smallest absolute Gasteiger partial charge is 0.315 e. The zero-order chi connectivity index (χ0) is 12.3. The molecule has 0 radical (unpaired) electrons. The van der Waals surface area contributed by atoms with Crippen LogP contribution in [0.15, 0.2) is 0 Å². The molecule has 3 fully saturated rings. The molecule has 0 unspecified atom stereocenters. The normalized spacial score (nSPS) is 46.8. The molecule has 0 aromatic heterocycles. The third-order valence-corrected chi connectivity index (χ3v) is 4.73. The van der Waals surface area contributed by atoms with E-state index in [0.717, 1.165) is 12.8 Å². The minimum Gasteiger partial charge on any atom is -0.465 e. The molecule has 5 heteroatoms. The Morgan fingerprint density at radius 1 is 1.47 bits per heavy atom. The van der Waals surface area contributed by atoms with Crippen molar-refractivity contribution in [1.29, 1.82) is 0 Å². The van der Waals surface area contributed by atoms with E-state index in [-0.39, 0.29) is 30.8 Å². The molecule has 3 heterocycles. The maximum absolute atomic E-state index is 12.0. The fraction of sp³-hybridized carbons (Fsp3) is 0.833. The van der Waals surface area contributed by atoms with Crippen LogP contribution in [-0.4, -0.2) is 37.4 Å². The van der Waals surface area contributed by atoms with Crippen LogP contribution in [0.25, 0.3) is 0 Å². The molecular formula is C12H16O5. The second-order valence-electron chi connectivity index (χ2n) is 5.41. The summed E-state index contributed by atoms with van der Waals surface area (Å²) >= 11 is 0. The van der Waals surface area contributed by atoms with Gasteiger partial charge in [0.05, 0.1) is 17.6 Å². The summed E-state index contributed by atoms with van der Waals surface area (Å²) in [6, 6.07) is 0. The highest BCUT2D eigenvalue weighted by molar-refractivity contribution is 5.82. The molecule has 3 aliphatic rings. The van der Waals surface area contributed by atoms with Gasteiger partial charge in [0.1, 0.15) is 18.6 Å². The molecule has 3 aliphatic heterocycles. The molecule has 17 heavy (non-hydrogen) atoms. The lowest BCUT2D eigenvalue weighted by Crippen LogP contribution is -2.52. The maximum Gasteiger partial charge on any atom is 0.315 e. The zero-order valence-corrected chi connectivity index (χ0v) is 10.0. The first kappa shape index (κ1) is 11.0. The quantitative estimate of drug-likeness (QED) is 0.663. The fourth-order valence-electron chi connectivity index (χ4n) is 3.56. The van der Waals surface area contributed by atoms with Gasteiger partial charge in [-0.05, 0) is 19.8 Å². The van der Waals surface area contributed by atoms with E-state index < -0.39 is 10.8 Å². The van der Waals surface area contributed by atoms with Crippen molar-refractivity contribution in [2.75, 3.05) is 13.2 Å². The number of rotatable bonds is 2. The molecule has 0 aromatic rings. The second kappa shape index (κ2) is 3.22. The zero-order valence-electron chi connectivity index (χ0n) is 10.0. The summed E-state index contributed by atoms with van der Waals surface area (Å²) in [6.45, 7) is 3.78. The Labute approximate surface area is 99.4 Å². The van der Waals surface area contributed by atoms with Gasteiger partial charge < -0.3 is 14.2 Å². The number of hydrogen-bond donors (Lipinski definition) is 0. The number of ether oxygens (including phenoxy) is 3. The minimum absolute atomic E-state index is 0.0247. The summed E-state index contributed by atoms with van der Waals surface area (Å²) in [5.41, 5.74) is -1.12. The van der Waals surface area contributed by atoms with E-state index >= 15 is 0 Å². The summed E-state index contributed by atoms with van der Waals surface area (Å²) in [5.74, 6) is -0.541. The predicted molar refractivity (Wildman–Crippen MR) is 56.0 cm³/mol. The standard InChI is InChI=1S/C12H16O5/c1-7(13)15-5-12-6-16-10(14)11(12,2)8-3-4-9(12)17-8/h8-9H,3-6H2,1-2H3/t8-,9-,11+,12-/m1/s1. The SMILES string of the molecule is CC(=O)OC[C@]12COC(=O)[C@]1(C)[C@H]1CC[C@H]2O1. The van der Waals surface area contributed by atoms with Crippen molar-refractivity contribution in [2.24, 2.45) is 10.8 Å². The first-order valence-electron chi connectivity index (χ1n) is 5.97. The lowest BCUT2D eigenvalue weighted by Gasteiger charge is -2.38. The van der Waals surface area contributed by atoms with E-state index in [4.69, 9.17) is 14.2 Å². The molecule has 0 aromatic carbocycles. The lowest BCUT2D eigenvalue weighted by molar-refractivity contribution is -0.152. The Balaban J connectivity index is 1.95. The molecule has 4 atom stereocenters. The molecule has 3 rings (SSSR count). The van der Waals surface area contributed by atoms with Gasteiger partial charge in [-0.25, -0.2) is 0 Å². The molecule has 94 valence electrons. The Kier molecular flexibility index (Phi) is 2.09. The van der Waals surface area contributed by atoms with E-state index in [0.29, 0.717) is 6.61 Å². The minimum atomic E-state index is -0.647. The average molecular weight is 240 g/mol. The van der Waals surface area contributed by atoms with Crippen LogP contribution in [0.4, 0.5) is 0 Å². The Morgan fingerprint density at radius 2 is 2.18 bits per heavy atom. The van der Waals surface area contributed by atoms with Crippen LogP contribution in [0, 0.1) is 10.8 Å². The molecular weight excluding hydrogens is 224 g/mol. The molecule has 0 aliphatic carbocycles. The van der Waals surface area contributed by atoms with Crippen molar-refractivity contribution in [3.8, 4) is 0 Å². The van der Waals surface area contributed by atoms with Gasteiger partial charge in [-0.15, -0.1) is 0 Å². The number of esters is 2. The Hall–Kier alpha value is -1.10. The average Bonchev–Trinajstić information content (AvgIpc) is 2.90. The highest BCUT2D eigenvalue weighted by Crippen LogP contribution is 2.63. The van der Waals surface area contributed by atoms with Gasteiger partial charge in [-0.3, -0.25) is 9.59 Å². The summed E-state index contributed by atoms with van der Waals surface area (Å²) in [5, 5.41) is 0. The number of carbonyl (C=O) groups is 2. The van der Waals surface area contributed by atoms with Gasteiger partial charge in [0.15, 0.2) is 0 Å². The first-order valence-corrected chi connectivity index (χ1v) is 5.97. The number of carbonyl (C=O) groups excluding carboxylic acids is 2. The van der Waals surface area contributed by atoms with Gasteiger partial charge in [0, 0.05) is 6.92 Å². The monoisotopic (exact) mass is 240 g/mol. The third-order valence-electron chi connectivity index (χ3n) is 4.73. The van der Waals surface area contributed by atoms with Crippen LogP contribution in [0.2, 0.25) is 0 Å². The van der Waals surface area contributed by atoms with Crippen LogP contribution in [0.5, 0.6) is 0 Å². The summed E-state index contributed by atoms with van der Waals surface area (Å²) in [4.78, 5) is 23.0. The van der Waals surface area contributed by atoms with Crippen LogP contribution in [0.1, 0.15) is 26.7 Å². The molecule has 0 N–H and O–H groups in total. The van der Waals surface area contributed by atoms with Gasteiger partial charge in [0.25, 0.3) is 0 Å². The maximum atomic E-state index is 12.0. The van der Waals surface area contributed by atoms with Crippen molar-refractivity contribution in [3.05, 3.63) is 0 Å². The first-order chi connectivity index (χ1) is 8.00. The summed E-state index contributed by atoms with van der Waals surface area (Å²) < 4.78 is 16.2. The van der Waals surface area contributed by atoms with E-state index in [2.05, 4.69) is 0 Å². The molecule has 0 spiro atoms. The molecule has 3 saturated heterocycles. The Bertz CT molecular complexity index is 392. The van der Waals surface area contributed by atoms with E-state index in [9.17, 15) is 9.59 Å². The Morgan fingerprint density at radius 3 is 2.88 bits per heavy atom. The highest BCUT2D eigenvalue weighted by atomic mass is 16.6. The van der Waals surface area contributed by atoms with Gasteiger partial charge in [0.2, 0.25) is 0 Å². The number of cyclic esters (lactones) is 1. The van der Waals surface area contributed by atoms with Crippen LogP contribution >= 0.6 is 0 Å². The van der Waals surface area contributed by atoms with Crippen LogP contribution < -0.4 is 0 Å². The number of hydrogen-bond acceptors (Lipinski definition) is 5. The van der Waals surface area contributed by atoms with E-state index in [1.165, 1.54) is 6.92 Å². The molecule has 2 bridgehead atoms. The van der Waals surface area contributed by atoms with Crippen molar-refractivity contribution in [1.82, 2.24) is 0 Å². The summed E-state index contributed by atoms with van der Waals surface area (Å²) in [7, 11) is 0. The topological polar surface area (TPSA) is 61.8 Å². The summed E-state index contributed by atoms with van der Waals surface area (Å²) in [6.07, 6.45) is 1.69. The van der Waals surface area contributed by atoms with Crippen molar-refractivity contribution < 1.29 is 23.8 Å². The van der Waals surface area contributed by atoms with Crippen molar-refractivity contribution in [2.45, 2.75) is 38.9 Å². The van der Waals surface area contributed by atoms with Crippen molar-refractivity contribution in [3.63, 3.8) is 0 Å². The van der Waals surface area contributed by atoms with Crippen LogP contribution in [0.3, 0.4) is 0 Å². The van der Waals surface area contributed by atoms with E-state index in [1.54, 1.807) is 0 Å². The lowest BCUT2D eigenvalue weighted by atomic mass is 9.59. The largest absolute Gasteiger partial charge is 0.465 e. The molecule has 0 amide bonds. The molecule has 0 saturated carbocycles.